The average molecular weight is 122 g/mol. The molecule has 2 fully saturated rings. The van der Waals surface area contributed by atoms with Gasteiger partial charge in [-0.3, -0.25) is 0 Å². The van der Waals surface area contributed by atoms with E-state index in [1.807, 2.05) is 0 Å². The predicted octanol–water partition coefficient (Wildman–Crippen LogP) is 2.61. The number of hydrogen-bond donors (Lipinski definition) is 0. The smallest absolute Gasteiger partial charge is 0.0322 e. The highest BCUT2D eigenvalue weighted by Crippen LogP contribution is 2.56. The minimum absolute atomic E-state index is 1.03. The molecule has 0 aliphatic heterocycles. The molecule has 9 heavy (non-hydrogen) atoms. The maximum atomic E-state index is 3.78. The zero-order valence-electron chi connectivity index (χ0n) is 5.84. The lowest BCUT2D eigenvalue weighted by atomic mass is 10.00. The van der Waals surface area contributed by atoms with Crippen LogP contribution in [0.15, 0.2) is 12.7 Å². The quantitative estimate of drug-likeness (QED) is 0.494. The Hall–Kier alpha value is -0.260. The van der Waals surface area contributed by atoms with Crippen LogP contribution >= 0.6 is 0 Å². The fraction of sp³-hybridized carbons (Fsp3) is 0.778. The topological polar surface area (TPSA) is 0 Å². The predicted molar refractivity (Wildman–Crippen MR) is 39.1 cm³/mol. The van der Waals surface area contributed by atoms with Gasteiger partial charge in [0, 0.05) is 0 Å². The van der Waals surface area contributed by atoms with Crippen molar-refractivity contribution in [3.05, 3.63) is 12.7 Å². The molecule has 0 nitrogen and oxygen atoms in total. The minimum Gasteiger partial charge on any atom is -0.103 e. The summed E-state index contributed by atoms with van der Waals surface area (Å²) in [5.74, 6) is 3.31. The molecule has 50 valence electrons. The van der Waals surface area contributed by atoms with Gasteiger partial charge in [-0.25, -0.2) is 0 Å². The Balaban J connectivity index is 1.90. The monoisotopic (exact) mass is 122 g/mol. The zero-order chi connectivity index (χ0) is 6.27. The van der Waals surface area contributed by atoms with Crippen LogP contribution in [0, 0.1) is 17.8 Å². The molecule has 2 aliphatic rings. The molecule has 2 aliphatic carbocycles. The molecule has 0 bridgehead atoms. The second-order valence-corrected chi connectivity index (χ2v) is 3.52. The molecule has 0 heteroatoms. The van der Waals surface area contributed by atoms with Gasteiger partial charge in [0.05, 0.1) is 0 Å². The van der Waals surface area contributed by atoms with E-state index < -0.39 is 0 Å². The normalized spacial score (nSPS) is 46.4. The molecule has 0 amide bonds. The van der Waals surface area contributed by atoms with Crippen LogP contribution in [0.2, 0.25) is 0 Å². The molecule has 0 heterocycles. The van der Waals surface area contributed by atoms with Crippen molar-refractivity contribution in [2.24, 2.45) is 17.8 Å². The van der Waals surface area contributed by atoms with Crippen molar-refractivity contribution in [1.29, 1.82) is 0 Å². The highest BCUT2D eigenvalue weighted by atomic mass is 14.5. The molecule has 0 saturated heterocycles. The first-order valence-electron chi connectivity index (χ1n) is 4.02. The lowest BCUT2D eigenvalue weighted by Gasteiger charge is -2.05. The Kier molecular flexibility index (Phi) is 1.14. The number of hydrogen-bond acceptors (Lipinski definition) is 0. The molecule has 0 aromatic carbocycles. The van der Waals surface area contributed by atoms with Gasteiger partial charge in [0.2, 0.25) is 0 Å². The molecule has 0 aromatic rings. The lowest BCUT2D eigenvalue weighted by Crippen LogP contribution is -1.95. The SMILES string of the molecule is C=CC[C@@H]1CC[C@H]2C[C@H]12. The van der Waals surface area contributed by atoms with Gasteiger partial charge in [0.1, 0.15) is 0 Å². The minimum atomic E-state index is 1.03. The van der Waals surface area contributed by atoms with Gasteiger partial charge in [-0.15, -0.1) is 6.58 Å². The van der Waals surface area contributed by atoms with Crippen molar-refractivity contribution >= 4 is 0 Å². The summed E-state index contributed by atoms with van der Waals surface area (Å²) in [7, 11) is 0. The van der Waals surface area contributed by atoms with Crippen LogP contribution in [0.5, 0.6) is 0 Å². The number of fused-ring (bicyclic) bond motifs is 1. The van der Waals surface area contributed by atoms with Crippen LogP contribution < -0.4 is 0 Å². The van der Waals surface area contributed by atoms with E-state index in [1.165, 1.54) is 19.3 Å². The fourth-order valence-electron chi connectivity index (χ4n) is 2.33. The first kappa shape index (κ1) is 5.52. The summed E-state index contributed by atoms with van der Waals surface area (Å²) in [5, 5.41) is 0. The Bertz CT molecular complexity index is 126. The Morgan fingerprint density at radius 3 is 2.78 bits per heavy atom. The molecule has 2 saturated carbocycles. The van der Waals surface area contributed by atoms with Crippen molar-refractivity contribution in [1.82, 2.24) is 0 Å². The first-order valence-corrected chi connectivity index (χ1v) is 4.02. The average Bonchev–Trinajstić information content (AvgIpc) is 2.54. The van der Waals surface area contributed by atoms with E-state index in [9.17, 15) is 0 Å². The summed E-state index contributed by atoms with van der Waals surface area (Å²) >= 11 is 0. The molecule has 0 radical (unpaired) electrons. The third-order valence-electron chi connectivity index (χ3n) is 2.96. The van der Waals surface area contributed by atoms with Crippen LogP contribution in [0.25, 0.3) is 0 Å². The van der Waals surface area contributed by atoms with Crippen molar-refractivity contribution in [2.45, 2.75) is 25.7 Å². The number of rotatable bonds is 2. The molecular formula is C9H14. The largest absolute Gasteiger partial charge is 0.103 e. The second kappa shape index (κ2) is 1.86. The fourth-order valence-corrected chi connectivity index (χ4v) is 2.33. The van der Waals surface area contributed by atoms with E-state index in [0.717, 1.165) is 17.8 Å². The van der Waals surface area contributed by atoms with E-state index in [0.29, 0.717) is 0 Å². The van der Waals surface area contributed by atoms with Crippen LogP contribution in [0.3, 0.4) is 0 Å². The van der Waals surface area contributed by atoms with E-state index in [2.05, 4.69) is 12.7 Å². The van der Waals surface area contributed by atoms with Gasteiger partial charge >= 0.3 is 0 Å². The molecule has 2 rings (SSSR count). The Morgan fingerprint density at radius 2 is 2.33 bits per heavy atom. The first-order chi connectivity index (χ1) is 4.42. The van der Waals surface area contributed by atoms with Crippen molar-refractivity contribution < 1.29 is 0 Å². The van der Waals surface area contributed by atoms with Gasteiger partial charge in [-0.2, -0.15) is 0 Å². The molecule has 0 aromatic heterocycles. The summed E-state index contributed by atoms with van der Waals surface area (Å²) in [6.07, 6.45) is 7.91. The number of allylic oxidation sites excluding steroid dienone is 1. The van der Waals surface area contributed by atoms with Gasteiger partial charge in [0.15, 0.2) is 0 Å². The highest BCUT2D eigenvalue weighted by Gasteiger charge is 2.46. The van der Waals surface area contributed by atoms with Gasteiger partial charge in [0.25, 0.3) is 0 Å². The molecule has 0 N–H and O–H groups in total. The third kappa shape index (κ3) is 0.810. The van der Waals surface area contributed by atoms with Crippen molar-refractivity contribution in [3.63, 3.8) is 0 Å². The summed E-state index contributed by atoms with van der Waals surface area (Å²) in [4.78, 5) is 0. The summed E-state index contributed by atoms with van der Waals surface area (Å²) < 4.78 is 0. The van der Waals surface area contributed by atoms with Crippen molar-refractivity contribution in [2.75, 3.05) is 0 Å². The molecule has 0 unspecified atom stereocenters. The van der Waals surface area contributed by atoms with E-state index in [-0.39, 0.29) is 0 Å². The highest BCUT2D eigenvalue weighted by molar-refractivity contribution is 4.99. The second-order valence-electron chi connectivity index (χ2n) is 3.52. The third-order valence-corrected chi connectivity index (χ3v) is 2.96. The molecular weight excluding hydrogens is 108 g/mol. The lowest BCUT2D eigenvalue weighted by molar-refractivity contribution is 0.487. The zero-order valence-corrected chi connectivity index (χ0v) is 5.84. The van der Waals surface area contributed by atoms with E-state index in [4.69, 9.17) is 0 Å². The maximum absolute atomic E-state index is 3.78. The van der Waals surface area contributed by atoms with Crippen LogP contribution in [0.4, 0.5) is 0 Å². The van der Waals surface area contributed by atoms with Crippen LogP contribution in [0.1, 0.15) is 25.7 Å². The van der Waals surface area contributed by atoms with E-state index >= 15 is 0 Å². The summed E-state index contributed by atoms with van der Waals surface area (Å²) in [6, 6.07) is 0. The summed E-state index contributed by atoms with van der Waals surface area (Å²) in [5.41, 5.74) is 0. The van der Waals surface area contributed by atoms with Gasteiger partial charge in [-0.1, -0.05) is 6.08 Å². The Labute approximate surface area is 57.0 Å². The standard InChI is InChI=1S/C9H14/c1-2-3-7-4-5-8-6-9(7)8/h2,7-9H,1,3-6H2/t7-,8+,9-/m1/s1. The molecule has 3 atom stereocenters. The summed E-state index contributed by atoms with van der Waals surface area (Å²) in [6.45, 7) is 3.78. The van der Waals surface area contributed by atoms with Gasteiger partial charge in [-0.05, 0) is 43.4 Å². The van der Waals surface area contributed by atoms with Crippen molar-refractivity contribution in [3.8, 4) is 0 Å². The van der Waals surface area contributed by atoms with Gasteiger partial charge < -0.3 is 0 Å². The Morgan fingerprint density at radius 1 is 1.44 bits per heavy atom. The van der Waals surface area contributed by atoms with Crippen LogP contribution in [-0.4, -0.2) is 0 Å². The molecule has 0 spiro atoms. The maximum Gasteiger partial charge on any atom is -0.0322 e. The van der Waals surface area contributed by atoms with E-state index in [1.54, 1.807) is 6.42 Å². The van der Waals surface area contributed by atoms with Crippen LogP contribution in [-0.2, 0) is 0 Å².